The van der Waals surface area contributed by atoms with Crippen LogP contribution < -0.4 is 20.2 Å². The molecule has 0 fully saturated rings. The zero-order chi connectivity index (χ0) is 30.6. The molecule has 4 aromatic rings. The maximum absolute atomic E-state index is 12.7. The second-order valence-electron chi connectivity index (χ2n) is 9.27. The van der Waals surface area contributed by atoms with Crippen LogP contribution in [0.1, 0.15) is 50.8 Å². The van der Waals surface area contributed by atoms with Crippen LogP contribution >= 0.6 is 0 Å². The number of rotatable bonds is 10. The first kappa shape index (κ1) is 30.1. The monoisotopic (exact) mass is 575 g/mol. The number of nitrogens with zero attached hydrogens (tertiary/aromatic N) is 1. The summed E-state index contributed by atoms with van der Waals surface area (Å²) < 4.78 is 11.1. The topological polar surface area (TPSA) is 123 Å². The molecule has 0 bridgehead atoms. The minimum atomic E-state index is -0.667. The van der Waals surface area contributed by atoms with Crippen LogP contribution in [0.3, 0.4) is 0 Å². The SMILES string of the molecule is CCC(=O)Nc1ccc(C(=O)N/N=C/c2ccccc2OC(=O)/C=C/c2ccccc2OC(=O)c2cccc(C)c2)cc1. The first-order valence-electron chi connectivity index (χ1n) is 13.4. The molecule has 0 radical (unpaired) electrons. The number of carbonyl (C=O) groups is 4. The van der Waals surface area contributed by atoms with Crippen molar-refractivity contribution in [2.75, 3.05) is 5.32 Å². The first-order chi connectivity index (χ1) is 20.8. The number of hydrazone groups is 1. The number of hydrogen-bond donors (Lipinski definition) is 2. The first-order valence-corrected chi connectivity index (χ1v) is 13.4. The summed E-state index contributed by atoms with van der Waals surface area (Å²) in [5, 5.41) is 6.69. The van der Waals surface area contributed by atoms with E-state index in [9.17, 15) is 19.2 Å². The van der Waals surface area contributed by atoms with Gasteiger partial charge in [0.15, 0.2) is 0 Å². The summed E-state index contributed by atoms with van der Waals surface area (Å²) >= 11 is 0. The zero-order valence-electron chi connectivity index (χ0n) is 23.6. The molecule has 2 amide bonds. The lowest BCUT2D eigenvalue weighted by Crippen LogP contribution is -2.18. The Bertz CT molecular complexity index is 1690. The van der Waals surface area contributed by atoms with Crippen molar-refractivity contribution in [3.63, 3.8) is 0 Å². The number of nitrogens with one attached hydrogen (secondary N) is 2. The zero-order valence-corrected chi connectivity index (χ0v) is 23.6. The van der Waals surface area contributed by atoms with Crippen molar-refractivity contribution >= 4 is 41.7 Å². The highest BCUT2D eigenvalue weighted by atomic mass is 16.5. The molecule has 216 valence electrons. The highest BCUT2D eigenvalue weighted by Gasteiger charge is 2.12. The maximum atomic E-state index is 12.7. The van der Waals surface area contributed by atoms with Gasteiger partial charge in [-0.15, -0.1) is 0 Å². The molecule has 0 spiro atoms. The molecule has 0 saturated heterocycles. The van der Waals surface area contributed by atoms with Crippen molar-refractivity contribution in [1.29, 1.82) is 0 Å². The highest BCUT2D eigenvalue weighted by molar-refractivity contribution is 5.97. The van der Waals surface area contributed by atoms with Gasteiger partial charge in [-0.05, 0) is 67.6 Å². The predicted molar refractivity (Wildman–Crippen MR) is 164 cm³/mol. The number of amides is 2. The third-order valence-electron chi connectivity index (χ3n) is 6.03. The van der Waals surface area contributed by atoms with E-state index >= 15 is 0 Å². The summed E-state index contributed by atoms with van der Waals surface area (Å²) in [7, 11) is 0. The molecular weight excluding hydrogens is 546 g/mol. The number of esters is 2. The van der Waals surface area contributed by atoms with Crippen LogP contribution in [-0.4, -0.2) is 30.0 Å². The predicted octanol–water partition coefficient (Wildman–Crippen LogP) is 5.95. The average molecular weight is 576 g/mol. The molecule has 0 heterocycles. The van der Waals surface area contributed by atoms with Crippen LogP contribution in [0.4, 0.5) is 5.69 Å². The molecule has 0 aliphatic carbocycles. The van der Waals surface area contributed by atoms with Crippen molar-refractivity contribution in [2.24, 2.45) is 5.10 Å². The quantitative estimate of drug-likeness (QED) is 0.0793. The van der Waals surface area contributed by atoms with Gasteiger partial charge in [0, 0.05) is 34.9 Å². The number of carbonyl (C=O) groups excluding carboxylic acids is 4. The number of aryl methyl sites for hydroxylation is 1. The van der Waals surface area contributed by atoms with Crippen molar-refractivity contribution in [3.8, 4) is 11.5 Å². The molecule has 0 unspecified atom stereocenters. The lowest BCUT2D eigenvalue weighted by Gasteiger charge is -2.08. The number of ether oxygens (including phenoxy) is 2. The van der Waals surface area contributed by atoms with Gasteiger partial charge >= 0.3 is 11.9 Å². The van der Waals surface area contributed by atoms with E-state index in [0.717, 1.165) is 5.56 Å². The maximum Gasteiger partial charge on any atom is 0.343 e. The summed E-state index contributed by atoms with van der Waals surface area (Å²) in [4.78, 5) is 49.2. The van der Waals surface area contributed by atoms with Gasteiger partial charge in [-0.25, -0.2) is 15.0 Å². The smallest absolute Gasteiger partial charge is 0.343 e. The van der Waals surface area contributed by atoms with E-state index < -0.39 is 17.8 Å². The lowest BCUT2D eigenvalue weighted by atomic mass is 10.1. The molecule has 9 nitrogen and oxygen atoms in total. The fraction of sp³-hybridized carbons (Fsp3) is 0.0882. The van der Waals surface area contributed by atoms with Gasteiger partial charge in [0.05, 0.1) is 11.8 Å². The average Bonchev–Trinajstić information content (AvgIpc) is 3.01. The van der Waals surface area contributed by atoms with E-state index in [0.29, 0.717) is 40.1 Å². The van der Waals surface area contributed by atoms with Gasteiger partial charge < -0.3 is 14.8 Å². The van der Waals surface area contributed by atoms with Gasteiger partial charge in [-0.1, -0.05) is 55.0 Å². The molecule has 0 atom stereocenters. The Hall–Kier alpha value is -5.83. The van der Waals surface area contributed by atoms with Crippen LogP contribution in [0.15, 0.2) is 108 Å². The fourth-order valence-electron chi connectivity index (χ4n) is 3.80. The van der Waals surface area contributed by atoms with Crippen molar-refractivity contribution in [2.45, 2.75) is 20.3 Å². The summed E-state index contributed by atoms with van der Waals surface area (Å²) in [6.45, 7) is 3.64. The Labute approximate surface area is 248 Å². The summed E-state index contributed by atoms with van der Waals surface area (Å²) in [5.74, 6) is -1.23. The normalized spacial score (nSPS) is 10.8. The number of para-hydroxylation sites is 2. The van der Waals surface area contributed by atoms with E-state index in [-0.39, 0.29) is 11.7 Å². The summed E-state index contributed by atoms with van der Waals surface area (Å²) in [6, 6.07) is 27.0. The molecule has 0 aromatic heterocycles. The van der Waals surface area contributed by atoms with Gasteiger partial charge in [0.1, 0.15) is 11.5 Å². The van der Waals surface area contributed by atoms with Crippen LogP contribution in [0.25, 0.3) is 6.08 Å². The Morgan fingerprint density at radius 2 is 1.44 bits per heavy atom. The molecule has 2 N–H and O–H groups in total. The van der Waals surface area contributed by atoms with E-state index in [1.165, 1.54) is 18.4 Å². The standard InChI is InChI=1S/C34H29N3O6/c1-3-31(38)36-28-18-15-25(16-19-28)33(40)37-35-22-27-11-5-7-14-30(27)42-32(39)20-17-24-10-4-6-13-29(24)43-34(41)26-12-8-9-23(2)21-26/h4-22H,3H2,1-2H3,(H,36,38)(H,37,40)/b20-17+,35-22+. The minimum absolute atomic E-state index is 0.124. The fourth-order valence-corrected chi connectivity index (χ4v) is 3.80. The summed E-state index contributed by atoms with van der Waals surface area (Å²) in [5.41, 5.74) is 5.68. The van der Waals surface area contributed by atoms with Crippen molar-refractivity contribution in [1.82, 2.24) is 5.43 Å². The molecule has 43 heavy (non-hydrogen) atoms. The molecule has 0 aliphatic rings. The minimum Gasteiger partial charge on any atom is -0.423 e. The van der Waals surface area contributed by atoms with Gasteiger partial charge in [-0.2, -0.15) is 5.10 Å². The van der Waals surface area contributed by atoms with Crippen LogP contribution in [0.2, 0.25) is 0 Å². The lowest BCUT2D eigenvalue weighted by molar-refractivity contribution is -0.128. The molecule has 4 aromatic carbocycles. The molecule has 0 saturated carbocycles. The number of anilines is 1. The molecule has 0 aliphatic heterocycles. The van der Waals surface area contributed by atoms with Crippen molar-refractivity contribution in [3.05, 3.63) is 131 Å². The van der Waals surface area contributed by atoms with Crippen LogP contribution in [-0.2, 0) is 9.59 Å². The van der Waals surface area contributed by atoms with E-state index in [4.69, 9.17) is 9.47 Å². The highest BCUT2D eigenvalue weighted by Crippen LogP contribution is 2.22. The van der Waals surface area contributed by atoms with E-state index in [2.05, 4.69) is 15.8 Å². The molecular formula is C34H29N3O6. The van der Waals surface area contributed by atoms with E-state index in [1.807, 2.05) is 13.0 Å². The number of hydrogen-bond acceptors (Lipinski definition) is 7. The van der Waals surface area contributed by atoms with Crippen molar-refractivity contribution < 1.29 is 28.7 Å². The number of benzene rings is 4. The summed E-state index contributed by atoms with van der Waals surface area (Å²) in [6.07, 6.45) is 4.43. The Morgan fingerprint density at radius 1 is 0.767 bits per heavy atom. The molecule has 9 heteroatoms. The van der Waals surface area contributed by atoms with E-state index in [1.54, 1.807) is 97.9 Å². The Kier molecular flexibility index (Phi) is 10.3. The van der Waals surface area contributed by atoms with Crippen LogP contribution in [0, 0.1) is 6.92 Å². The third kappa shape index (κ3) is 8.83. The van der Waals surface area contributed by atoms with Gasteiger partial charge in [-0.3, -0.25) is 9.59 Å². The second-order valence-corrected chi connectivity index (χ2v) is 9.27. The third-order valence-corrected chi connectivity index (χ3v) is 6.03. The van der Waals surface area contributed by atoms with Gasteiger partial charge in [0.25, 0.3) is 5.91 Å². The molecule has 4 rings (SSSR count). The Balaban J connectivity index is 1.37. The Morgan fingerprint density at radius 3 is 2.14 bits per heavy atom. The van der Waals surface area contributed by atoms with Crippen LogP contribution in [0.5, 0.6) is 11.5 Å². The van der Waals surface area contributed by atoms with Gasteiger partial charge in [0.2, 0.25) is 5.91 Å². The second kappa shape index (κ2) is 14.7. The largest absolute Gasteiger partial charge is 0.423 e.